The van der Waals surface area contributed by atoms with Gasteiger partial charge in [-0.2, -0.15) is 9.57 Å². The number of hydrogen-bond acceptors (Lipinski definition) is 4. The average molecular weight is 307 g/mol. The SMILES string of the molecule is Cc1cc(C#N)ccc1S(=O)(=O)N1CCC(C(C)N)CC1. The van der Waals surface area contributed by atoms with Crippen LogP contribution in [0.1, 0.15) is 30.9 Å². The molecule has 2 N–H and O–H groups in total. The summed E-state index contributed by atoms with van der Waals surface area (Å²) < 4.78 is 26.9. The van der Waals surface area contributed by atoms with Gasteiger partial charge >= 0.3 is 0 Å². The Bertz CT molecular complexity index is 654. The standard InChI is InChI=1S/C15H21N3O2S/c1-11-9-13(10-16)3-4-15(11)21(19,20)18-7-5-14(6-8-18)12(2)17/h3-4,9,12,14H,5-8,17H2,1-2H3. The third kappa shape index (κ3) is 3.26. The zero-order valence-electron chi connectivity index (χ0n) is 12.4. The summed E-state index contributed by atoms with van der Waals surface area (Å²) in [6, 6.07) is 6.82. The molecule has 114 valence electrons. The molecule has 6 heteroatoms. The fraction of sp³-hybridized carbons (Fsp3) is 0.533. The second-order valence-corrected chi connectivity index (χ2v) is 7.60. The molecule has 0 aromatic heterocycles. The highest BCUT2D eigenvalue weighted by molar-refractivity contribution is 7.89. The second-order valence-electron chi connectivity index (χ2n) is 5.69. The molecule has 0 saturated carbocycles. The van der Waals surface area contributed by atoms with E-state index in [1.165, 1.54) is 10.4 Å². The van der Waals surface area contributed by atoms with Gasteiger partial charge in [-0.3, -0.25) is 0 Å². The van der Waals surface area contributed by atoms with Crippen LogP contribution < -0.4 is 5.73 Å². The number of hydrogen-bond donors (Lipinski definition) is 1. The Kier molecular flexibility index (Phi) is 4.67. The van der Waals surface area contributed by atoms with E-state index in [2.05, 4.69) is 0 Å². The van der Waals surface area contributed by atoms with Crippen LogP contribution in [0.4, 0.5) is 0 Å². The van der Waals surface area contributed by atoms with E-state index in [9.17, 15) is 8.42 Å². The number of nitrogens with zero attached hydrogens (tertiary/aromatic N) is 2. The van der Waals surface area contributed by atoms with E-state index in [1.807, 2.05) is 13.0 Å². The molecule has 21 heavy (non-hydrogen) atoms. The van der Waals surface area contributed by atoms with Crippen molar-refractivity contribution >= 4 is 10.0 Å². The van der Waals surface area contributed by atoms with Gasteiger partial charge in [-0.05, 0) is 56.4 Å². The Morgan fingerprint density at radius 2 is 2.00 bits per heavy atom. The smallest absolute Gasteiger partial charge is 0.243 e. The van der Waals surface area contributed by atoms with Gasteiger partial charge < -0.3 is 5.73 Å². The Morgan fingerprint density at radius 3 is 2.48 bits per heavy atom. The van der Waals surface area contributed by atoms with Gasteiger partial charge in [-0.1, -0.05) is 0 Å². The summed E-state index contributed by atoms with van der Waals surface area (Å²) in [5.41, 5.74) is 6.98. The number of benzene rings is 1. The molecule has 0 bridgehead atoms. The molecule has 1 saturated heterocycles. The molecule has 2 rings (SSSR count). The molecule has 1 aromatic carbocycles. The van der Waals surface area contributed by atoms with Crippen LogP contribution in [0, 0.1) is 24.2 Å². The minimum Gasteiger partial charge on any atom is -0.328 e. The van der Waals surface area contributed by atoms with E-state index >= 15 is 0 Å². The maximum Gasteiger partial charge on any atom is 0.243 e. The van der Waals surface area contributed by atoms with Gasteiger partial charge in [0.05, 0.1) is 16.5 Å². The zero-order chi connectivity index (χ0) is 15.6. The lowest BCUT2D eigenvalue weighted by molar-refractivity contribution is 0.250. The molecular weight excluding hydrogens is 286 g/mol. The molecule has 1 aromatic rings. The number of nitriles is 1. The number of piperidine rings is 1. The molecule has 5 nitrogen and oxygen atoms in total. The first-order valence-electron chi connectivity index (χ1n) is 7.12. The van der Waals surface area contributed by atoms with Crippen LogP contribution in [-0.4, -0.2) is 31.9 Å². The van der Waals surface area contributed by atoms with E-state index < -0.39 is 10.0 Å². The normalized spacial score (nSPS) is 19.1. The molecule has 1 fully saturated rings. The van der Waals surface area contributed by atoms with Crippen molar-refractivity contribution in [1.29, 1.82) is 5.26 Å². The van der Waals surface area contributed by atoms with Crippen LogP contribution >= 0.6 is 0 Å². The Balaban J connectivity index is 2.22. The molecule has 1 unspecified atom stereocenters. The van der Waals surface area contributed by atoms with Crippen LogP contribution in [0.15, 0.2) is 23.1 Å². The first kappa shape index (κ1) is 16.0. The quantitative estimate of drug-likeness (QED) is 0.919. The second kappa shape index (κ2) is 6.14. The third-order valence-electron chi connectivity index (χ3n) is 4.16. The molecule has 0 radical (unpaired) electrons. The van der Waals surface area contributed by atoms with Gasteiger partial charge in [0.25, 0.3) is 0 Å². The summed E-state index contributed by atoms with van der Waals surface area (Å²) >= 11 is 0. The number of nitrogens with two attached hydrogens (primary N) is 1. The van der Waals surface area contributed by atoms with E-state index in [0.29, 0.717) is 35.0 Å². The maximum atomic E-state index is 12.7. The van der Waals surface area contributed by atoms with E-state index in [0.717, 1.165) is 12.8 Å². The topological polar surface area (TPSA) is 87.2 Å². The van der Waals surface area contributed by atoms with Crippen molar-refractivity contribution in [3.05, 3.63) is 29.3 Å². The number of rotatable bonds is 3. The molecule has 0 amide bonds. The summed E-state index contributed by atoms with van der Waals surface area (Å²) in [6.07, 6.45) is 1.60. The van der Waals surface area contributed by atoms with Crippen LogP contribution in [0.25, 0.3) is 0 Å². The lowest BCUT2D eigenvalue weighted by Gasteiger charge is -2.33. The fourth-order valence-electron chi connectivity index (χ4n) is 2.79. The minimum atomic E-state index is -3.48. The van der Waals surface area contributed by atoms with Gasteiger partial charge in [0.1, 0.15) is 0 Å². The largest absolute Gasteiger partial charge is 0.328 e. The maximum absolute atomic E-state index is 12.7. The monoisotopic (exact) mass is 307 g/mol. The Hall–Kier alpha value is -1.42. The van der Waals surface area contributed by atoms with Crippen LogP contribution in [0.2, 0.25) is 0 Å². The zero-order valence-corrected chi connectivity index (χ0v) is 13.2. The summed E-state index contributed by atoms with van der Waals surface area (Å²) in [6.45, 7) is 4.71. The highest BCUT2D eigenvalue weighted by atomic mass is 32.2. The summed E-state index contributed by atoms with van der Waals surface area (Å²) in [5.74, 6) is 0.388. The van der Waals surface area contributed by atoms with Crippen molar-refractivity contribution in [2.24, 2.45) is 11.7 Å². The molecule has 1 atom stereocenters. The van der Waals surface area contributed by atoms with Gasteiger partial charge in [-0.15, -0.1) is 0 Å². The predicted octanol–water partition coefficient (Wildman–Crippen LogP) is 1.61. The van der Waals surface area contributed by atoms with Crippen LogP contribution in [0.3, 0.4) is 0 Å². The summed E-state index contributed by atoms with van der Waals surface area (Å²) in [4.78, 5) is 0.292. The van der Waals surface area contributed by atoms with Gasteiger partial charge in [0.15, 0.2) is 0 Å². The molecule has 0 aliphatic carbocycles. The molecule has 0 spiro atoms. The van der Waals surface area contributed by atoms with E-state index in [4.69, 9.17) is 11.0 Å². The van der Waals surface area contributed by atoms with E-state index in [-0.39, 0.29) is 6.04 Å². The van der Waals surface area contributed by atoms with Crippen LogP contribution in [0.5, 0.6) is 0 Å². The Morgan fingerprint density at radius 1 is 1.38 bits per heavy atom. The summed E-state index contributed by atoms with van der Waals surface area (Å²) in [7, 11) is -3.48. The molecular formula is C15H21N3O2S. The lowest BCUT2D eigenvalue weighted by Crippen LogP contribution is -2.42. The predicted molar refractivity (Wildman–Crippen MR) is 81.0 cm³/mol. The molecule has 1 aliphatic heterocycles. The minimum absolute atomic E-state index is 0.103. The van der Waals surface area contributed by atoms with Crippen molar-refractivity contribution in [2.75, 3.05) is 13.1 Å². The van der Waals surface area contributed by atoms with Gasteiger partial charge in [-0.25, -0.2) is 8.42 Å². The van der Waals surface area contributed by atoms with Crippen molar-refractivity contribution in [3.63, 3.8) is 0 Å². The van der Waals surface area contributed by atoms with Gasteiger partial charge in [0, 0.05) is 19.1 Å². The van der Waals surface area contributed by atoms with Crippen molar-refractivity contribution in [2.45, 2.75) is 37.6 Å². The summed E-state index contributed by atoms with van der Waals surface area (Å²) in [5, 5.41) is 8.86. The third-order valence-corrected chi connectivity index (χ3v) is 6.22. The van der Waals surface area contributed by atoms with Crippen molar-refractivity contribution in [1.82, 2.24) is 4.31 Å². The van der Waals surface area contributed by atoms with Crippen LogP contribution in [-0.2, 0) is 10.0 Å². The fourth-order valence-corrected chi connectivity index (χ4v) is 4.46. The first-order valence-corrected chi connectivity index (χ1v) is 8.56. The highest BCUT2D eigenvalue weighted by Crippen LogP contribution is 2.27. The van der Waals surface area contributed by atoms with Gasteiger partial charge in [0.2, 0.25) is 10.0 Å². The Labute approximate surface area is 126 Å². The number of aryl methyl sites for hydroxylation is 1. The average Bonchev–Trinajstić information content (AvgIpc) is 2.46. The number of sulfonamides is 1. The van der Waals surface area contributed by atoms with Crippen molar-refractivity contribution in [3.8, 4) is 6.07 Å². The van der Waals surface area contributed by atoms with Crippen molar-refractivity contribution < 1.29 is 8.42 Å². The van der Waals surface area contributed by atoms with E-state index in [1.54, 1.807) is 19.1 Å². The molecule has 1 aliphatic rings. The highest BCUT2D eigenvalue weighted by Gasteiger charge is 2.31. The first-order chi connectivity index (χ1) is 9.86. The lowest BCUT2D eigenvalue weighted by atomic mass is 9.92. The molecule has 1 heterocycles.